The van der Waals surface area contributed by atoms with Crippen molar-refractivity contribution in [1.82, 2.24) is 16.0 Å². The Kier molecular flexibility index (Phi) is 14.8. The molecule has 0 bridgehead atoms. The van der Waals surface area contributed by atoms with Gasteiger partial charge in [0.1, 0.15) is 18.1 Å². The van der Waals surface area contributed by atoms with E-state index in [0.29, 0.717) is 5.75 Å². The second kappa shape index (κ2) is 15.8. The number of hydrogen-bond acceptors (Lipinski definition) is 8. The summed E-state index contributed by atoms with van der Waals surface area (Å²) in [6.07, 6.45) is 2.36. The molecule has 0 fully saturated rings. The third-order valence-corrected chi connectivity index (χ3v) is 5.43. The summed E-state index contributed by atoms with van der Waals surface area (Å²) in [5.41, 5.74) is 10.8. The standard InChI is InChI=1S/C19H35N5O6S2/c1-10(2)8-13(18(28)24-14(9-31)19(29)30)23-17(27)12(6-7-32-3)22-16(26)11(20)4-5-15(21)25/h10-14,31H,4-9,20H2,1-3H3,(H2,21,25)(H,22,26)(H,23,27)(H,24,28)(H,29,30). The summed E-state index contributed by atoms with van der Waals surface area (Å²) in [6, 6.07) is -4.18. The van der Waals surface area contributed by atoms with E-state index in [0.717, 1.165) is 0 Å². The third kappa shape index (κ3) is 12.2. The van der Waals surface area contributed by atoms with Crippen molar-refractivity contribution in [2.45, 2.75) is 63.7 Å². The number of carbonyl (C=O) groups excluding carboxylic acids is 4. The molecule has 0 radical (unpaired) electrons. The lowest BCUT2D eigenvalue weighted by Crippen LogP contribution is -2.57. The Balaban J connectivity index is 5.34. The molecule has 0 aromatic rings. The van der Waals surface area contributed by atoms with Crippen molar-refractivity contribution in [2.75, 3.05) is 17.8 Å². The summed E-state index contributed by atoms with van der Waals surface area (Å²) in [6.45, 7) is 3.70. The van der Waals surface area contributed by atoms with Gasteiger partial charge in [0.2, 0.25) is 23.6 Å². The molecule has 8 N–H and O–H groups in total. The molecular weight excluding hydrogens is 458 g/mol. The molecule has 0 aliphatic carbocycles. The van der Waals surface area contributed by atoms with E-state index in [1.807, 2.05) is 20.1 Å². The number of nitrogens with one attached hydrogen (secondary N) is 3. The zero-order valence-electron chi connectivity index (χ0n) is 18.6. The summed E-state index contributed by atoms with van der Waals surface area (Å²) >= 11 is 5.39. The molecule has 0 aromatic heterocycles. The van der Waals surface area contributed by atoms with Crippen LogP contribution in [0.1, 0.15) is 39.5 Å². The molecule has 4 amide bonds. The van der Waals surface area contributed by atoms with Gasteiger partial charge in [-0.15, -0.1) is 0 Å². The van der Waals surface area contributed by atoms with Crippen LogP contribution in [0.4, 0.5) is 0 Å². The van der Waals surface area contributed by atoms with Crippen molar-refractivity contribution in [1.29, 1.82) is 0 Å². The van der Waals surface area contributed by atoms with Crippen LogP contribution in [0, 0.1) is 5.92 Å². The van der Waals surface area contributed by atoms with Gasteiger partial charge in [-0.3, -0.25) is 19.2 Å². The van der Waals surface area contributed by atoms with Gasteiger partial charge in [-0.2, -0.15) is 24.4 Å². The molecule has 0 saturated carbocycles. The van der Waals surface area contributed by atoms with E-state index in [2.05, 4.69) is 28.6 Å². The number of carboxylic acids is 1. The minimum absolute atomic E-state index is 0.0202. The van der Waals surface area contributed by atoms with E-state index in [-0.39, 0.29) is 37.4 Å². The third-order valence-electron chi connectivity index (χ3n) is 4.42. The maximum Gasteiger partial charge on any atom is 0.327 e. The number of carboxylic acid groups (broad SMARTS) is 1. The van der Waals surface area contributed by atoms with Crippen LogP contribution in [0.2, 0.25) is 0 Å². The smallest absolute Gasteiger partial charge is 0.327 e. The van der Waals surface area contributed by atoms with Crippen LogP contribution in [0.3, 0.4) is 0 Å². The molecule has 13 heteroatoms. The SMILES string of the molecule is CSCCC(NC(=O)C(N)CCC(N)=O)C(=O)NC(CC(C)C)C(=O)NC(CS)C(=O)O. The lowest BCUT2D eigenvalue weighted by molar-refractivity contribution is -0.141. The first kappa shape index (κ1) is 30.0. The normalized spacial score (nSPS) is 14.7. The number of thioether (sulfide) groups is 1. The highest BCUT2D eigenvalue weighted by molar-refractivity contribution is 7.98. The molecule has 4 unspecified atom stereocenters. The fraction of sp³-hybridized carbons (Fsp3) is 0.737. The average Bonchev–Trinajstić information content (AvgIpc) is 2.71. The van der Waals surface area contributed by atoms with Crippen LogP contribution in [-0.2, 0) is 24.0 Å². The number of amides is 4. The van der Waals surface area contributed by atoms with Gasteiger partial charge in [-0.25, -0.2) is 4.79 Å². The molecule has 0 aliphatic heterocycles. The number of hydrogen-bond donors (Lipinski definition) is 7. The molecular formula is C19H35N5O6S2. The van der Waals surface area contributed by atoms with Gasteiger partial charge in [0.25, 0.3) is 0 Å². The van der Waals surface area contributed by atoms with E-state index in [9.17, 15) is 24.0 Å². The zero-order valence-corrected chi connectivity index (χ0v) is 20.3. The second-order valence-electron chi connectivity index (χ2n) is 7.73. The molecule has 32 heavy (non-hydrogen) atoms. The van der Waals surface area contributed by atoms with Crippen molar-refractivity contribution in [2.24, 2.45) is 17.4 Å². The Bertz CT molecular complexity index is 664. The van der Waals surface area contributed by atoms with E-state index < -0.39 is 53.8 Å². The van der Waals surface area contributed by atoms with Gasteiger partial charge in [-0.1, -0.05) is 13.8 Å². The van der Waals surface area contributed by atoms with E-state index in [1.54, 1.807) is 0 Å². The van der Waals surface area contributed by atoms with Crippen molar-refractivity contribution < 1.29 is 29.1 Å². The first-order valence-corrected chi connectivity index (χ1v) is 12.2. The van der Waals surface area contributed by atoms with Crippen molar-refractivity contribution in [3.05, 3.63) is 0 Å². The van der Waals surface area contributed by atoms with Crippen LogP contribution in [0.15, 0.2) is 0 Å². The Hall–Kier alpha value is -1.99. The Labute approximate surface area is 198 Å². The molecule has 0 heterocycles. The zero-order chi connectivity index (χ0) is 24.8. The van der Waals surface area contributed by atoms with Gasteiger partial charge in [0.05, 0.1) is 6.04 Å². The summed E-state index contributed by atoms with van der Waals surface area (Å²) < 4.78 is 0. The van der Waals surface area contributed by atoms with Gasteiger partial charge in [0.15, 0.2) is 0 Å². The topological polar surface area (TPSA) is 194 Å². The number of nitrogens with two attached hydrogens (primary N) is 2. The maximum absolute atomic E-state index is 12.9. The predicted molar refractivity (Wildman–Crippen MR) is 126 cm³/mol. The number of thiol groups is 1. The lowest BCUT2D eigenvalue weighted by atomic mass is 10.0. The summed E-state index contributed by atoms with van der Waals surface area (Å²) in [5, 5.41) is 16.7. The lowest BCUT2D eigenvalue weighted by Gasteiger charge is -2.25. The van der Waals surface area contributed by atoms with E-state index in [1.165, 1.54) is 11.8 Å². The molecule has 0 saturated heterocycles. The summed E-state index contributed by atoms with van der Waals surface area (Å²) in [7, 11) is 0. The summed E-state index contributed by atoms with van der Waals surface area (Å²) in [5.74, 6) is -3.22. The number of aliphatic carboxylic acids is 1. The van der Waals surface area contributed by atoms with Crippen molar-refractivity contribution >= 4 is 54.0 Å². The van der Waals surface area contributed by atoms with Crippen molar-refractivity contribution in [3.8, 4) is 0 Å². The van der Waals surface area contributed by atoms with Crippen molar-refractivity contribution in [3.63, 3.8) is 0 Å². The van der Waals surface area contributed by atoms with Crippen LogP contribution in [-0.4, -0.2) is 76.6 Å². The fourth-order valence-electron chi connectivity index (χ4n) is 2.65. The molecule has 0 rings (SSSR count). The second-order valence-corrected chi connectivity index (χ2v) is 9.08. The van der Waals surface area contributed by atoms with Gasteiger partial charge >= 0.3 is 5.97 Å². The Morgan fingerprint density at radius 1 is 0.938 bits per heavy atom. The van der Waals surface area contributed by atoms with E-state index in [4.69, 9.17) is 16.6 Å². The minimum atomic E-state index is -1.24. The largest absolute Gasteiger partial charge is 0.480 e. The monoisotopic (exact) mass is 493 g/mol. The molecule has 0 spiro atoms. The predicted octanol–water partition coefficient (Wildman–Crippen LogP) is -1.15. The van der Waals surface area contributed by atoms with Crippen LogP contribution < -0.4 is 27.4 Å². The first-order valence-electron chi connectivity index (χ1n) is 10.2. The highest BCUT2D eigenvalue weighted by Gasteiger charge is 2.30. The van der Waals surface area contributed by atoms with Gasteiger partial charge in [-0.05, 0) is 37.2 Å². The Morgan fingerprint density at radius 2 is 1.47 bits per heavy atom. The number of rotatable bonds is 16. The molecule has 0 aliphatic rings. The number of primary amides is 1. The highest BCUT2D eigenvalue weighted by atomic mass is 32.2. The quantitative estimate of drug-likeness (QED) is 0.131. The highest BCUT2D eigenvalue weighted by Crippen LogP contribution is 2.08. The van der Waals surface area contributed by atoms with Crippen LogP contribution >= 0.6 is 24.4 Å². The molecule has 184 valence electrons. The maximum atomic E-state index is 12.9. The Morgan fingerprint density at radius 3 is 1.94 bits per heavy atom. The molecule has 11 nitrogen and oxygen atoms in total. The number of carbonyl (C=O) groups is 5. The molecule has 4 atom stereocenters. The summed E-state index contributed by atoms with van der Waals surface area (Å²) in [4.78, 5) is 60.0. The minimum Gasteiger partial charge on any atom is -0.480 e. The van der Waals surface area contributed by atoms with Gasteiger partial charge in [0, 0.05) is 12.2 Å². The van der Waals surface area contributed by atoms with Crippen LogP contribution in [0.5, 0.6) is 0 Å². The van der Waals surface area contributed by atoms with E-state index >= 15 is 0 Å². The fourth-order valence-corrected chi connectivity index (χ4v) is 3.36. The van der Waals surface area contributed by atoms with Crippen LogP contribution in [0.25, 0.3) is 0 Å². The molecule has 0 aromatic carbocycles. The first-order chi connectivity index (χ1) is 14.9. The average molecular weight is 494 g/mol. The van der Waals surface area contributed by atoms with Gasteiger partial charge < -0.3 is 32.5 Å².